The van der Waals surface area contributed by atoms with Gasteiger partial charge >= 0.3 is 0 Å². The summed E-state index contributed by atoms with van der Waals surface area (Å²) in [5, 5.41) is 4.91. The summed E-state index contributed by atoms with van der Waals surface area (Å²) in [6.07, 6.45) is 6.48. The van der Waals surface area contributed by atoms with E-state index in [-0.39, 0.29) is 5.41 Å². The number of hydrogen-bond acceptors (Lipinski definition) is 1. The minimum absolute atomic E-state index is 0.282. The third kappa shape index (κ3) is 2.11. The van der Waals surface area contributed by atoms with Crippen LogP contribution in [0.5, 0.6) is 0 Å². The van der Waals surface area contributed by atoms with Crippen LogP contribution in [0.15, 0.2) is 18.2 Å². The van der Waals surface area contributed by atoms with E-state index in [0.29, 0.717) is 15.5 Å². The SMILES string of the molecule is C[C@@]1(C2(c3ccc(Cl)c(Cl)c3)CCCC2)CCNC1. The quantitative estimate of drug-likeness (QED) is 0.826. The van der Waals surface area contributed by atoms with Crippen molar-refractivity contribution in [3.8, 4) is 0 Å². The summed E-state index contributed by atoms with van der Waals surface area (Å²) in [4.78, 5) is 0. The topological polar surface area (TPSA) is 12.0 Å². The maximum Gasteiger partial charge on any atom is 0.0595 e. The molecule has 1 atom stereocenters. The van der Waals surface area contributed by atoms with Gasteiger partial charge in [-0.2, -0.15) is 0 Å². The largest absolute Gasteiger partial charge is 0.316 e. The molecule has 1 saturated carbocycles. The number of halogens is 2. The minimum atomic E-state index is 0.282. The molecular formula is C16H21Cl2N. The van der Waals surface area contributed by atoms with Gasteiger partial charge in [0.25, 0.3) is 0 Å². The van der Waals surface area contributed by atoms with Crippen LogP contribution in [0.4, 0.5) is 0 Å². The number of rotatable bonds is 2. The van der Waals surface area contributed by atoms with E-state index in [1.54, 1.807) is 0 Å². The molecule has 3 rings (SSSR count). The van der Waals surface area contributed by atoms with E-state index in [1.165, 1.54) is 37.7 Å². The predicted molar refractivity (Wildman–Crippen MR) is 82.2 cm³/mol. The Morgan fingerprint density at radius 2 is 1.79 bits per heavy atom. The monoisotopic (exact) mass is 297 g/mol. The standard InChI is InChI=1S/C16H21Cl2N/c1-15(8-9-19-11-15)16(6-2-3-7-16)12-4-5-13(17)14(18)10-12/h4-5,10,19H,2-3,6-9,11H2,1H3/t15-/m1/s1. The van der Waals surface area contributed by atoms with Crippen molar-refractivity contribution in [3.05, 3.63) is 33.8 Å². The molecule has 0 radical (unpaired) electrons. The Kier molecular flexibility index (Phi) is 3.57. The molecule has 104 valence electrons. The maximum atomic E-state index is 6.26. The van der Waals surface area contributed by atoms with E-state index in [1.807, 2.05) is 6.07 Å². The molecule has 0 bridgehead atoms. The van der Waals surface area contributed by atoms with Gasteiger partial charge in [0.1, 0.15) is 0 Å². The second kappa shape index (κ2) is 4.95. The van der Waals surface area contributed by atoms with Gasteiger partial charge in [0.15, 0.2) is 0 Å². The van der Waals surface area contributed by atoms with Gasteiger partial charge in [0.2, 0.25) is 0 Å². The molecule has 0 amide bonds. The zero-order chi connectivity index (χ0) is 13.5. The molecule has 1 nitrogen and oxygen atoms in total. The van der Waals surface area contributed by atoms with Gasteiger partial charge in [-0.05, 0) is 48.9 Å². The molecule has 1 aromatic carbocycles. The molecule has 1 aliphatic carbocycles. The molecule has 1 saturated heterocycles. The van der Waals surface area contributed by atoms with Crippen molar-refractivity contribution in [2.45, 2.75) is 44.4 Å². The molecule has 0 unspecified atom stereocenters. The number of nitrogens with one attached hydrogen (secondary N) is 1. The molecule has 3 heteroatoms. The minimum Gasteiger partial charge on any atom is -0.316 e. The first kappa shape index (κ1) is 13.7. The molecule has 1 aromatic rings. The van der Waals surface area contributed by atoms with Crippen LogP contribution < -0.4 is 5.32 Å². The van der Waals surface area contributed by atoms with Gasteiger partial charge in [0.05, 0.1) is 10.0 Å². The predicted octanol–water partition coefficient (Wildman–Crippen LogP) is 4.80. The molecule has 1 aliphatic heterocycles. The fraction of sp³-hybridized carbons (Fsp3) is 0.625. The van der Waals surface area contributed by atoms with Crippen molar-refractivity contribution >= 4 is 23.2 Å². The van der Waals surface area contributed by atoms with Crippen molar-refractivity contribution in [1.29, 1.82) is 0 Å². The number of hydrogen-bond donors (Lipinski definition) is 1. The molecule has 1 N–H and O–H groups in total. The highest BCUT2D eigenvalue weighted by atomic mass is 35.5. The Hall–Kier alpha value is -0.240. The highest BCUT2D eigenvalue weighted by Crippen LogP contribution is 2.56. The van der Waals surface area contributed by atoms with Crippen molar-refractivity contribution in [1.82, 2.24) is 5.32 Å². The van der Waals surface area contributed by atoms with Crippen LogP contribution in [0.3, 0.4) is 0 Å². The van der Waals surface area contributed by atoms with Gasteiger partial charge in [-0.25, -0.2) is 0 Å². The van der Waals surface area contributed by atoms with Gasteiger partial charge < -0.3 is 5.32 Å². The van der Waals surface area contributed by atoms with Gasteiger partial charge in [0, 0.05) is 12.0 Å². The lowest BCUT2D eigenvalue weighted by Crippen LogP contribution is -2.43. The van der Waals surface area contributed by atoms with E-state index in [9.17, 15) is 0 Å². The average Bonchev–Trinajstić information content (AvgIpc) is 3.03. The second-order valence-corrected chi connectivity index (χ2v) is 7.22. The average molecular weight is 298 g/mol. The fourth-order valence-electron chi connectivity index (χ4n) is 4.24. The Morgan fingerprint density at radius 3 is 2.37 bits per heavy atom. The van der Waals surface area contributed by atoms with E-state index in [4.69, 9.17) is 23.2 Å². The van der Waals surface area contributed by atoms with E-state index < -0.39 is 0 Å². The lowest BCUT2D eigenvalue weighted by molar-refractivity contribution is 0.163. The highest BCUT2D eigenvalue weighted by Gasteiger charge is 2.51. The van der Waals surface area contributed by atoms with Crippen LogP contribution in [-0.4, -0.2) is 13.1 Å². The van der Waals surface area contributed by atoms with Crippen LogP contribution in [-0.2, 0) is 5.41 Å². The van der Waals surface area contributed by atoms with Crippen molar-refractivity contribution in [2.75, 3.05) is 13.1 Å². The van der Waals surface area contributed by atoms with Gasteiger partial charge in [-0.15, -0.1) is 0 Å². The first-order valence-electron chi connectivity index (χ1n) is 7.24. The van der Waals surface area contributed by atoms with E-state index >= 15 is 0 Å². The Bertz CT molecular complexity index is 472. The Balaban J connectivity index is 2.07. The first-order valence-corrected chi connectivity index (χ1v) is 7.99. The number of benzene rings is 1. The summed E-state index contributed by atoms with van der Waals surface area (Å²) >= 11 is 12.3. The van der Waals surface area contributed by atoms with Crippen molar-refractivity contribution in [3.63, 3.8) is 0 Å². The highest BCUT2D eigenvalue weighted by molar-refractivity contribution is 6.42. The lowest BCUT2D eigenvalue weighted by atomic mass is 9.59. The lowest BCUT2D eigenvalue weighted by Gasteiger charge is -2.45. The van der Waals surface area contributed by atoms with Crippen molar-refractivity contribution in [2.24, 2.45) is 5.41 Å². The fourth-order valence-corrected chi connectivity index (χ4v) is 4.54. The first-order chi connectivity index (χ1) is 9.07. The van der Waals surface area contributed by atoms with Crippen LogP contribution in [0.2, 0.25) is 10.0 Å². The molecule has 2 fully saturated rings. The van der Waals surface area contributed by atoms with Crippen LogP contribution in [0.1, 0.15) is 44.6 Å². The normalized spacial score (nSPS) is 29.8. The Labute approximate surface area is 125 Å². The summed E-state index contributed by atoms with van der Waals surface area (Å²) in [5.74, 6) is 0. The third-order valence-corrected chi connectivity index (χ3v) is 6.19. The van der Waals surface area contributed by atoms with Crippen LogP contribution in [0, 0.1) is 5.41 Å². The second-order valence-electron chi connectivity index (χ2n) is 6.41. The summed E-state index contributed by atoms with van der Waals surface area (Å²) in [7, 11) is 0. The molecule has 2 aliphatic rings. The zero-order valence-corrected chi connectivity index (χ0v) is 12.9. The summed E-state index contributed by atoms with van der Waals surface area (Å²) in [6.45, 7) is 4.70. The van der Waals surface area contributed by atoms with Crippen molar-refractivity contribution < 1.29 is 0 Å². The molecule has 0 spiro atoms. The summed E-state index contributed by atoms with van der Waals surface area (Å²) in [6, 6.07) is 6.27. The smallest absolute Gasteiger partial charge is 0.0595 e. The molecule has 0 aromatic heterocycles. The maximum absolute atomic E-state index is 6.26. The molecular weight excluding hydrogens is 277 g/mol. The summed E-state index contributed by atoms with van der Waals surface area (Å²) in [5.41, 5.74) is 2.02. The molecule has 19 heavy (non-hydrogen) atoms. The van der Waals surface area contributed by atoms with E-state index in [2.05, 4.69) is 24.4 Å². The van der Waals surface area contributed by atoms with Crippen LogP contribution >= 0.6 is 23.2 Å². The molecule has 1 heterocycles. The van der Waals surface area contributed by atoms with Gasteiger partial charge in [-0.1, -0.05) is 49.0 Å². The van der Waals surface area contributed by atoms with Crippen LogP contribution in [0.25, 0.3) is 0 Å². The summed E-state index contributed by atoms with van der Waals surface area (Å²) < 4.78 is 0. The zero-order valence-electron chi connectivity index (χ0n) is 11.4. The van der Waals surface area contributed by atoms with Gasteiger partial charge in [-0.3, -0.25) is 0 Å². The Morgan fingerprint density at radius 1 is 1.05 bits per heavy atom. The third-order valence-electron chi connectivity index (χ3n) is 5.45. The van der Waals surface area contributed by atoms with E-state index in [0.717, 1.165) is 13.1 Å².